The lowest BCUT2D eigenvalue weighted by atomic mass is 10.3. The molecule has 0 atom stereocenters. The van der Waals surface area contributed by atoms with E-state index in [-0.39, 0.29) is 0 Å². The third-order valence-corrected chi connectivity index (χ3v) is 0. The maximum absolute atomic E-state index is 3.64. The van der Waals surface area contributed by atoms with Crippen molar-refractivity contribution in [3.63, 3.8) is 0 Å². The minimum atomic E-state index is 0.583. The molecule has 0 aromatic rings. The fourth-order valence-corrected chi connectivity index (χ4v) is 0. The van der Waals surface area contributed by atoms with Crippen molar-refractivity contribution in [3.05, 3.63) is 6.92 Å². The largest absolute Gasteiger partial charge is 0.0897 e. The Morgan fingerprint density at radius 2 is 1.50 bits per heavy atom. The van der Waals surface area contributed by atoms with E-state index in [1.165, 1.54) is 0 Å². The van der Waals surface area contributed by atoms with Gasteiger partial charge in [0.2, 0.25) is 0 Å². The summed E-state index contributed by atoms with van der Waals surface area (Å²) in [5.74, 6) is 0.583. The summed E-state index contributed by atoms with van der Waals surface area (Å²) in [5, 5.41) is 0. The molecule has 0 spiro atoms. The average molecular weight is 57.1 g/mol. The molecule has 0 aromatic carbocycles. The van der Waals surface area contributed by atoms with E-state index < -0.39 is 0 Å². The highest BCUT2D eigenvalue weighted by atomic mass is 13.7. The van der Waals surface area contributed by atoms with Crippen LogP contribution < -0.4 is 0 Å². The topological polar surface area (TPSA) is 0 Å². The van der Waals surface area contributed by atoms with Gasteiger partial charge in [0.25, 0.3) is 0 Å². The first kappa shape index (κ1) is 3.87. The molecule has 0 fully saturated rings. The van der Waals surface area contributed by atoms with Gasteiger partial charge in [0.1, 0.15) is 0 Å². The number of hydrogen-bond acceptors (Lipinski definition) is 0. The van der Waals surface area contributed by atoms with Crippen molar-refractivity contribution in [2.45, 2.75) is 13.8 Å². The zero-order valence-electron chi connectivity index (χ0n) is 3.28. The summed E-state index contributed by atoms with van der Waals surface area (Å²) in [4.78, 5) is 0. The highest BCUT2D eigenvalue weighted by Gasteiger charge is 1.78. The van der Waals surface area contributed by atoms with Gasteiger partial charge in [-0.05, 0) is 13.8 Å². The molecule has 0 heteroatoms. The van der Waals surface area contributed by atoms with Crippen molar-refractivity contribution in [3.8, 4) is 0 Å². The maximum Gasteiger partial charge on any atom is 0.0897 e. The molecule has 0 saturated heterocycles. The summed E-state index contributed by atoms with van der Waals surface area (Å²) in [6.07, 6.45) is 0. The molecule has 0 bridgehead atoms. The van der Waals surface area contributed by atoms with Gasteiger partial charge >= 0.3 is 0 Å². The average Bonchev–Trinajstić information content (AvgIpc) is 0.811. The van der Waals surface area contributed by atoms with Gasteiger partial charge in [-0.15, -0.1) is 0 Å². The summed E-state index contributed by atoms with van der Waals surface area (Å²) >= 11 is 0. The Labute approximate surface area is 27.8 Å². The van der Waals surface area contributed by atoms with Crippen LogP contribution in [0.15, 0.2) is 0 Å². The van der Waals surface area contributed by atoms with Crippen LogP contribution in [-0.2, 0) is 0 Å². The van der Waals surface area contributed by atoms with Gasteiger partial charge in [0.05, 0.1) is 12.8 Å². The van der Waals surface area contributed by atoms with E-state index in [0.29, 0.717) is 5.92 Å². The van der Waals surface area contributed by atoms with Crippen LogP contribution in [-0.4, -0.2) is 0 Å². The quantitative estimate of drug-likeness (QED) is 0.369. The third-order valence-electron chi connectivity index (χ3n) is 0. The standard InChI is InChI=1S/C4H9/c1-4(2)3/h4H,1H2,2-3H3/q+1. The van der Waals surface area contributed by atoms with Crippen LogP contribution in [0.25, 0.3) is 0 Å². The predicted octanol–water partition coefficient (Wildman–Crippen LogP) is 1.48. The normalized spacial score (nSPS) is 8.75. The minimum Gasteiger partial charge on any atom is -0.0219 e. The Hall–Kier alpha value is -0.130. The van der Waals surface area contributed by atoms with Gasteiger partial charge in [-0.25, -0.2) is 0 Å². The van der Waals surface area contributed by atoms with E-state index in [9.17, 15) is 0 Å². The van der Waals surface area contributed by atoms with E-state index in [0.717, 1.165) is 0 Å². The lowest BCUT2D eigenvalue weighted by Gasteiger charge is -1.68. The Kier molecular flexibility index (Phi) is 1.18. The van der Waals surface area contributed by atoms with Crippen LogP contribution in [0.2, 0.25) is 0 Å². The van der Waals surface area contributed by atoms with Gasteiger partial charge < -0.3 is 0 Å². The molecule has 0 heterocycles. The van der Waals surface area contributed by atoms with Crippen LogP contribution in [0.3, 0.4) is 0 Å². The molecule has 0 aliphatic carbocycles. The van der Waals surface area contributed by atoms with Gasteiger partial charge in [0.15, 0.2) is 0 Å². The lowest BCUT2D eigenvalue weighted by molar-refractivity contribution is 0.827. The predicted molar refractivity (Wildman–Crippen MR) is 20.2 cm³/mol. The van der Waals surface area contributed by atoms with Crippen molar-refractivity contribution in [2.24, 2.45) is 5.92 Å². The summed E-state index contributed by atoms with van der Waals surface area (Å²) < 4.78 is 0. The van der Waals surface area contributed by atoms with Crippen LogP contribution in [0.5, 0.6) is 0 Å². The zero-order chi connectivity index (χ0) is 3.58. The molecule has 0 rings (SSSR count). The summed E-state index contributed by atoms with van der Waals surface area (Å²) in [6, 6.07) is 0. The first-order valence-electron chi connectivity index (χ1n) is 1.56. The fourth-order valence-electron chi connectivity index (χ4n) is 0. The third kappa shape index (κ3) is 83.8. The van der Waals surface area contributed by atoms with E-state index in [1.54, 1.807) is 0 Å². The molecule has 0 unspecified atom stereocenters. The van der Waals surface area contributed by atoms with Crippen LogP contribution in [0.1, 0.15) is 13.8 Å². The molecule has 4 heavy (non-hydrogen) atoms. The van der Waals surface area contributed by atoms with E-state index in [4.69, 9.17) is 0 Å². The molecule has 0 aliphatic heterocycles. The monoisotopic (exact) mass is 57.1 g/mol. The first-order chi connectivity index (χ1) is 1.73. The van der Waals surface area contributed by atoms with E-state index in [2.05, 4.69) is 20.8 Å². The van der Waals surface area contributed by atoms with Gasteiger partial charge in [-0.3, -0.25) is 0 Å². The zero-order valence-corrected chi connectivity index (χ0v) is 3.28. The Balaban J connectivity index is 2.32. The van der Waals surface area contributed by atoms with Gasteiger partial charge in [-0.2, -0.15) is 0 Å². The second-order valence-electron chi connectivity index (χ2n) is 1.39. The van der Waals surface area contributed by atoms with Crippen molar-refractivity contribution in [1.29, 1.82) is 0 Å². The molecule has 0 aliphatic rings. The van der Waals surface area contributed by atoms with Gasteiger partial charge in [-0.1, -0.05) is 0 Å². The van der Waals surface area contributed by atoms with Crippen molar-refractivity contribution >= 4 is 0 Å². The highest BCUT2D eigenvalue weighted by molar-refractivity contribution is 4.38. The summed E-state index contributed by atoms with van der Waals surface area (Å²) in [7, 11) is 0. The maximum atomic E-state index is 3.64. The van der Waals surface area contributed by atoms with Crippen molar-refractivity contribution in [2.75, 3.05) is 0 Å². The van der Waals surface area contributed by atoms with Crippen molar-refractivity contribution in [1.82, 2.24) is 0 Å². The van der Waals surface area contributed by atoms with E-state index >= 15 is 0 Å². The Morgan fingerprint density at radius 3 is 1.50 bits per heavy atom. The molecular formula is C4H9+. The molecule has 0 aromatic heterocycles. The second kappa shape index (κ2) is 1.22. The number of rotatable bonds is 0. The molecule has 0 nitrogen and oxygen atoms in total. The molecule has 0 radical (unpaired) electrons. The van der Waals surface area contributed by atoms with Gasteiger partial charge in [0, 0.05) is 0 Å². The minimum absolute atomic E-state index is 0.583. The fraction of sp³-hybridized carbons (Fsp3) is 0.750. The lowest BCUT2D eigenvalue weighted by Crippen LogP contribution is -1.67. The SMILES string of the molecule is [CH2+]C(C)C. The highest BCUT2D eigenvalue weighted by Crippen LogP contribution is 1.80. The van der Waals surface area contributed by atoms with Crippen LogP contribution in [0, 0.1) is 12.8 Å². The van der Waals surface area contributed by atoms with Crippen LogP contribution >= 0.6 is 0 Å². The molecule has 0 N–H and O–H groups in total. The second-order valence-corrected chi connectivity index (χ2v) is 1.39. The van der Waals surface area contributed by atoms with E-state index in [1.807, 2.05) is 0 Å². The summed E-state index contributed by atoms with van der Waals surface area (Å²) in [6.45, 7) is 7.75. The summed E-state index contributed by atoms with van der Waals surface area (Å²) in [5.41, 5.74) is 0. The Bertz CT molecular complexity index is 4.75. The molecule has 0 amide bonds. The molecule has 24 valence electrons. The Morgan fingerprint density at radius 1 is 1.50 bits per heavy atom. The number of hydrogen-bond donors (Lipinski definition) is 0. The smallest absolute Gasteiger partial charge is 0.0219 e. The van der Waals surface area contributed by atoms with Crippen LogP contribution in [0.4, 0.5) is 0 Å². The molecular weight excluding hydrogens is 48.0 g/mol. The molecule has 0 saturated carbocycles. The van der Waals surface area contributed by atoms with Crippen molar-refractivity contribution < 1.29 is 0 Å². The first-order valence-corrected chi connectivity index (χ1v) is 1.56.